The fourth-order valence-electron chi connectivity index (χ4n) is 2.53. The van der Waals surface area contributed by atoms with Crippen LogP contribution in [0.15, 0.2) is 35.5 Å². The van der Waals surface area contributed by atoms with E-state index in [0.29, 0.717) is 21.7 Å². The van der Waals surface area contributed by atoms with Crippen LogP contribution >= 0.6 is 34.8 Å². The summed E-state index contributed by atoms with van der Waals surface area (Å²) in [6, 6.07) is 8.12. The number of carbonyl (C=O) groups is 1. The molecule has 0 saturated heterocycles. The van der Waals surface area contributed by atoms with Gasteiger partial charge < -0.3 is 15.1 Å². The van der Waals surface area contributed by atoms with Crippen molar-refractivity contribution in [3.05, 3.63) is 62.1 Å². The minimum atomic E-state index is -1.10. The van der Waals surface area contributed by atoms with Gasteiger partial charge in [-0.2, -0.15) is 0 Å². The van der Waals surface area contributed by atoms with Crippen molar-refractivity contribution < 1.29 is 19.8 Å². The molecular formula is C16H10Cl3NO4. The van der Waals surface area contributed by atoms with Crippen molar-refractivity contribution in [1.82, 2.24) is 0 Å². The fourth-order valence-corrected chi connectivity index (χ4v) is 3.23. The van der Waals surface area contributed by atoms with Gasteiger partial charge in [-0.25, -0.2) is 4.79 Å². The van der Waals surface area contributed by atoms with Gasteiger partial charge in [0, 0.05) is 28.1 Å². The van der Waals surface area contributed by atoms with Gasteiger partial charge in [-0.05, 0) is 18.2 Å². The first-order valence-electron chi connectivity index (χ1n) is 6.81. The Morgan fingerprint density at radius 3 is 2.46 bits per heavy atom. The fraction of sp³-hybridized carbons (Fsp3) is 0.125. The number of nitrogens with zero attached hydrogens (tertiary/aromatic N) is 1. The topological polar surface area (TPSA) is 79.1 Å². The highest BCUT2D eigenvalue weighted by atomic mass is 35.5. The maximum absolute atomic E-state index is 11.1. The van der Waals surface area contributed by atoms with E-state index in [1.807, 2.05) is 0 Å². The SMILES string of the molecule is O=C(O)C1Cc2c(Cl)c(/C(=N/O)c3ccc(Cl)cc3)cc(Cl)c2O1. The van der Waals surface area contributed by atoms with Crippen molar-refractivity contribution in [2.45, 2.75) is 12.5 Å². The monoisotopic (exact) mass is 385 g/mol. The van der Waals surface area contributed by atoms with Gasteiger partial charge in [-0.15, -0.1) is 0 Å². The van der Waals surface area contributed by atoms with Gasteiger partial charge in [0.1, 0.15) is 11.5 Å². The molecule has 0 amide bonds. The van der Waals surface area contributed by atoms with Crippen LogP contribution in [0.4, 0.5) is 0 Å². The van der Waals surface area contributed by atoms with Gasteiger partial charge in [-0.3, -0.25) is 0 Å². The number of carboxylic acids is 1. The second kappa shape index (κ2) is 6.51. The third-order valence-corrected chi connectivity index (χ3v) is 4.63. The largest absolute Gasteiger partial charge is 0.478 e. The number of hydrogen-bond donors (Lipinski definition) is 2. The minimum absolute atomic E-state index is 0.0797. The first-order valence-corrected chi connectivity index (χ1v) is 7.94. The van der Waals surface area contributed by atoms with Crippen molar-refractivity contribution in [3.63, 3.8) is 0 Å². The summed E-state index contributed by atoms with van der Waals surface area (Å²) in [6.45, 7) is 0. The number of ether oxygens (including phenoxy) is 1. The van der Waals surface area contributed by atoms with Gasteiger partial charge in [0.05, 0.1) is 10.0 Å². The summed E-state index contributed by atoms with van der Waals surface area (Å²) in [6.07, 6.45) is -0.966. The Kier molecular flexibility index (Phi) is 4.58. The highest BCUT2D eigenvalue weighted by molar-refractivity contribution is 6.39. The molecule has 1 unspecified atom stereocenters. The summed E-state index contributed by atoms with van der Waals surface area (Å²) in [7, 11) is 0. The first-order chi connectivity index (χ1) is 11.4. The molecule has 2 N–H and O–H groups in total. The van der Waals surface area contributed by atoms with Crippen LogP contribution in [0.3, 0.4) is 0 Å². The Morgan fingerprint density at radius 2 is 1.88 bits per heavy atom. The minimum Gasteiger partial charge on any atom is -0.478 e. The highest BCUT2D eigenvalue weighted by Crippen LogP contribution is 2.43. The molecule has 0 saturated carbocycles. The second-order valence-electron chi connectivity index (χ2n) is 5.13. The maximum Gasteiger partial charge on any atom is 0.345 e. The van der Waals surface area contributed by atoms with Gasteiger partial charge in [-0.1, -0.05) is 52.1 Å². The van der Waals surface area contributed by atoms with Crippen LogP contribution < -0.4 is 4.74 Å². The lowest BCUT2D eigenvalue weighted by Crippen LogP contribution is -2.24. The lowest BCUT2D eigenvalue weighted by molar-refractivity contribution is -0.144. The van der Waals surface area contributed by atoms with Crippen LogP contribution in [0.25, 0.3) is 0 Å². The van der Waals surface area contributed by atoms with E-state index in [-0.39, 0.29) is 27.9 Å². The lowest BCUT2D eigenvalue weighted by Gasteiger charge is -2.12. The van der Waals surface area contributed by atoms with Gasteiger partial charge in [0.2, 0.25) is 0 Å². The summed E-state index contributed by atoms with van der Waals surface area (Å²) < 4.78 is 5.33. The molecule has 1 atom stereocenters. The van der Waals surface area contributed by atoms with Crippen molar-refractivity contribution in [3.8, 4) is 5.75 Å². The second-order valence-corrected chi connectivity index (χ2v) is 6.35. The Bertz CT molecular complexity index is 849. The van der Waals surface area contributed by atoms with Crippen molar-refractivity contribution in [2.75, 3.05) is 0 Å². The number of fused-ring (bicyclic) bond motifs is 1. The van der Waals surface area contributed by atoms with E-state index in [9.17, 15) is 10.0 Å². The molecule has 0 fully saturated rings. The van der Waals surface area contributed by atoms with Crippen LogP contribution in [0, 0.1) is 0 Å². The number of carboxylic acid groups (broad SMARTS) is 1. The van der Waals surface area contributed by atoms with Crippen molar-refractivity contribution in [1.29, 1.82) is 0 Å². The summed E-state index contributed by atoms with van der Waals surface area (Å²) in [4.78, 5) is 11.1. The number of oxime groups is 1. The van der Waals surface area contributed by atoms with E-state index in [0.717, 1.165) is 0 Å². The van der Waals surface area contributed by atoms with E-state index in [1.165, 1.54) is 6.07 Å². The van der Waals surface area contributed by atoms with Gasteiger partial charge >= 0.3 is 5.97 Å². The molecule has 24 heavy (non-hydrogen) atoms. The molecule has 1 aliphatic heterocycles. The summed E-state index contributed by atoms with van der Waals surface area (Å²) >= 11 is 18.5. The van der Waals surface area contributed by atoms with Crippen molar-refractivity contribution in [2.24, 2.45) is 5.16 Å². The maximum atomic E-state index is 11.1. The predicted octanol–water partition coefficient (Wildman–Crippen LogP) is 4.26. The number of aliphatic carboxylic acids is 1. The Labute approximate surface area is 152 Å². The van der Waals surface area contributed by atoms with Gasteiger partial charge in [0.25, 0.3) is 0 Å². The molecule has 124 valence electrons. The Balaban J connectivity index is 2.10. The standard InChI is InChI=1S/C16H10Cl3NO4/c17-8-3-1-7(2-4-8)14(20-23)9-5-11(18)15-10(13(9)19)6-12(24-15)16(21)22/h1-5,12,23H,6H2,(H,21,22)/b20-14+. The Hall–Kier alpha value is -1.95. The third kappa shape index (κ3) is 2.90. The number of benzene rings is 2. The highest BCUT2D eigenvalue weighted by Gasteiger charge is 2.34. The average molecular weight is 387 g/mol. The Morgan fingerprint density at radius 1 is 1.21 bits per heavy atom. The van der Waals surface area contributed by atoms with Crippen LogP contribution in [0.1, 0.15) is 16.7 Å². The molecule has 0 bridgehead atoms. The molecule has 1 heterocycles. The van der Waals surface area contributed by atoms with Crippen LogP contribution in [-0.4, -0.2) is 28.1 Å². The number of halogens is 3. The molecular weight excluding hydrogens is 377 g/mol. The number of rotatable bonds is 3. The molecule has 0 radical (unpaired) electrons. The lowest BCUT2D eigenvalue weighted by atomic mass is 9.98. The molecule has 1 aliphatic rings. The molecule has 2 aromatic rings. The predicted molar refractivity (Wildman–Crippen MR) is 91.1 cm³/mol. The van der Waals surface area contributed by atoms with Crippen LogP contribution in [0.2, 0.25) is 15.1 Å². The van der Waals surface area contributed by atoms with E-state index in [2.05, 4.69) is 5.16 Å². The van der Waals surface area contributed by atoms with Crippen LogP contribution in [-0.2, 0) is 11.2 Å². The zero-order chi connectivity index (χ0) is 17.4. The third-order valence-electron chi connectivity index (χ3n) is 3.66. The van der Waals surface area contributed by atoms with E-state index in [1.54, 1.807) is 24.3 Å². The smallest absolute Gasteiger partial charge is 0.345 e. The molecule has 0 aromatic heterocycles. The zero-order valence-corrected chi connectivity index (χ0v) is 14.2. The number of hydrogen-bond acceptors (Lipinski definition) is 4. The van der Waals surface area contributed by atoms with Crippen LogP contribution in [0.5, 0.6) is 5.75 Å². The van der Waals surface area contributed by atoms with E-state index in [4.69, 9.17) is 44.6 Å². The molecule has 0 spiro atoms. The molecule has 3 rings (SSSR count). The van der Waals surface area contributed by atoms with Crippen molar-refractivity contribution >= 4 is 46.5 Å². The molecule has 0 aliphatic carbocycles. The summed E-state index contributed by atoms with van der Waals surface area (Å²) in [5.74, 6) is -0.861. The summed E-state index contributed by atoms with van der Waals surface area (Å²) in [5, 5.41) is 22.8. The summed E-state index contributed by atoms with van der Waals surface area (Å²) in [5.41, 5.74) is 1.62. The average Bonchev–Trinajstić information content (AvgIpc) is 3.01. The zero-order valence-electron chi connectivity index (χ0n) is 12.0. The van der Waals surface area contributed by atoms with E-state index >= 15 is 0 Å². The normalized spacial score (nSPS) is 16.6. The first kappa shape index (κ1) is 16.9. The van der Waals surface area contributed by atoms with E-state index < -0.39 is 12.1 Å². The quantitative estimate of drug-likeness (QED) is 0.469. The molecule has 2 aromatic carbocycles. The molecule has 5 nitrogen and oxygen atoms in total. The van der Waals surface area contributed by atoms with Gasteiger partial charge in [0.15, 0.2) is 6.10 Å². The molecule has 8 heteroatoms.